The second-order valence-corrected chi connectivity index (χ2v) is 13.6. The van der Waals surface area contributed by atoms with Crippen molar-refractivity contribution in [3.05, 3.63) is 142 Å². The van der Waals surface area contributed by atoms with E-state index in [1.807, 2.05) is 73.7 Å². The van der Waals surface area contributed by atoms with Gasteiger partial charge in [0.05, 0.1) is 28.9 Å². The average molecular weight is 658 g/mol. The number of ketones is 2. The number of hydrogen-bond donors (Lipinski definition) is 1. The fraction of sp³-hybridized carbons (Fsp3) is 0.250. The summed E-state index contributed by atoms with van der Waals surface area (Å²) in [6.45, 7) is 1.52. The first-order chi connectivity index (χ1) is 23.2. The fourth-order valence-electron chi connectivity index (χ4n) is 8.79. The van der Waals surface area contributed by atoms with Gasteiger partial charge in [-0.05, 0) is 72.7 Å². The van der Waals surface area contributed by atoms with Crippen molar-refractivity contribution in [2.75, 3.05) is 4.90 Å². The van der Waals surface area contributed by atoms with Gasteiger partial charge in [-0.25, -0.2) is 4.90 Å². The van der Waals surface area contributed by atoms with E-state index in [0.29, 0.717) is 45.4 Å². The summed E-state index contributed by atoms with van der Waals surface area (Å²) in [6.07, 6.45) is 3.96. The Bertz CT molecular complexity index is 2060. The van der Waals surface area contributed by atoms with Gasteiger partial charge in [-0.15, -0.1) is 0 Å². The molecule has 2 fully saturated rings. The number of halogens is 1. The van der Waals surface area contributed by atoms with Crippen molar-refractivity contribution in [3.8, 4) is 0 Å². The number of nitrogens with zero attached hydrogens (tertiary/aromatic N) is 1. The zero-order chi connectivity index (χ0) is 33.3. The van der Waals surface area contributed by atoms with Crippen LogP contribution in [0, 0.1) is 30.6 Å². The lowest BCUT2D eigenvalue weighted by Gasteiger charge is -2.54. The monoisotopic (exact) mass is 657 g/mol. The summed E-state index contributed by atoms with van der Waals surface area (Å²) in [5.41, 5.74) is 2.32. The summed E-state index contributed by atoms with van der Waals surface area (Å²) in [6, 6.07) is 27.1. The van der Waals surface area contributed by atoms with E-state index in [0.717, 1.165) is 11.1 Å². The molecule has 0 radical (unpaired) electrons. The number of aliphatic hydroxyl groups is 1. The standard InChI is InChI=1S/C40H32ClNO6/c1-22-12-13-25(18-32(22)41)42-38(46)28-16-15-27-30(35(28)39(42)47)19-31-37(45)29(23-8-4-2-5-9-23)20-34(44)40(31,24-10-6-3-7-11-24)36(27)33-17-14-26(21-43)48-33/h2-15,17-18,20,28,30-31,35-36,43H,16,19,21H2,1H3/t28-,30+,31-,35-,36+,40-/m0/s1. The third-order valence-corrected chi connectivity index (χ3v) is 11.3. The average Bonchev–Trinajstić information content (AvgIpc) is 3.69. The van der Waals surface area contributed by atoms with Crippen molar-refractivity contribution < 1.29 is 28.7 Å². The third-order valence-electron chi connectivity index (χ3n) is 10.9. The van der Waals surface area contributed by atoms with Crippen LogP contribution in [0.2, 0.25) is 5.02 Å². The first-order valence-corrected chi connectivity index (χ1v) is 16.6. The topological polar surface area (TPSA) is 105 Å². The number of carbonyl (C=O) groups excluding carboxylic acids is 4. The fourth-order valence-corrected chi connectivity index (χ4v) is 8.97. The molecule has 7 nitrogen and oxygen atoms in total. The molecule has 1 aliphatic heterocycles. The molecule has 2 amide bonds. The predicted molar refractivity (Wildman–Crippen MR) is 180 cm³/mol. The minimum atomic E-state index is -1.38. The molecule has 8 rings (SSSR count). The Morgan fingerprint density at radius 1 is 0.896 bits per heavy atom. The highest BCUT2D eigenvalue weighted by Gasteiger charge is 2.66. The van der Waals surface area contributed by atoms with E-state index >= 15 is 0 Å². The number of benzene rings is 3. The number of Topliss-reactive ketones (excluding diaryl/α,β-unsaturated/α-hetero) is 1. The van der Waals surface area contributed by atoms with Crippen LogP contribution in [-0.4, -0.2) is 28.5 Å². The molecular weight excluding hydrogens is 626 g/mol. The van der Waals surface area contributed by atoms with Crippen LogP contribution in [0.5, 0.6) is 0 Å². The van der Waals surface area contributed by atoms with Gasteiger partial charge in [0.1, 0.15) is 18.1 Å². The first kappa shape index (κ1) is 30.5. The first-order valence-electron chi connectivity index (χ1n) is 16.2. The van der Waals surface area contributed by atoms with Gasteiger partial charge < -0.3 is 9.52 Å². The van der Waals surface area contributed by atoms with Gasteiger partial charge in [-0.3, -0.25) is 19.2 Å². The highest BCUT2D eigenvalue weighted by Crippen LogP contribution is 2.63. The van der Waals surface area contributed by atoms with Crippen molar-refractivity contribution in [2.45, 2.75) is 37.7 Å². The molecule has 3 aromatic carbocycles. The van der Waals surface area contributed by atoms with Gasteiger partial charge in [-0.2, -0.15) is 0 Å². The number of aryl methyl sites for hydroxylation is 1. The van der Waals surface area contributed by atoms with Crippen molar-refractivity contribution >= 4 is 46.2 Å². The molecule has 0 unspecified atom stereocenters. The summed E-state index contributed by atoms with van der Waals surface area (Å²) in [7, 11) is 0. The van der Waals surface area contributed by atoms with E-state index in [2.05, 4.69) is 0 Å². The van der Waals surface area contributed by atoms with Crippen molar-refractivity contribution in [1.82, 2.24) is 0 Å². The largest absolute Gasteiger partial charge is 0.463 e. The summed E-state index contributed by atoms with van der Waals surface area (Å²) < 4.78 is 6.23. The Kier molecular flexibility index (Phi) is 7.23. The molecule has 4 aliphatic rings. The van der Waals surface area contributed by atoms with E-state index < -0.39 is 35.0 Å². The lowest BCUT2D eigenvalue weighted by molar-refractivity contribution is -0.135. The minimum Gasteiger partial charge on any atom is -0.463 e. The van der Waals surface area contributed by atoms with Crippen molar-refractivity contribution in [3.63, 3.8) is 0 Å². The van der Waals surface area contributed by atoms with Gasteiger partial charge in [0, 0.05) is 16.5 Å². The number of allylic oxidation sites excluding steroid dienone is 4. The molecule has 1 N–H and O–H groups in total. The van der Waals surface area contributed by atoms with E-state index in [1.54, 1.807) is 30.3 Å². The molecule has 1 aromatic heterocycles. The number of aliphatic hydroxyl groups excluding tert-OH is 1. The maximum absolute atomic E-state index is 15.0. The van der Waals surface area contributed by atoms with Gasteiger partial charge in [-0.1, -0.05) is 90.0 Å². The number of fused-ring (bicyclic) bond motifs is 4. The summed E-state index contributed by atoms with van der Waals surface area (Å²) in [5, 5.41) is 10.4. The van der Waals surface area contributed by atoms with Crippen LogP contribution < -0.4 is 4.90 Å². The normalized spacial score (nSPS) is 28.1. The third kappa shape index (κ3) is 4.30. The van der Waals surface area contributed by atoms with Crippen LogP contribution in [-0.2, 0) is 31.2 Å². The number of amides is 2. The van der Waals surface area contributed by atoms with Crippen LogP contribution in [0.4, 0.5) is 5.69 Å². The highest BCUT2D eigenvalue weighted by molar-refractivity contribution is 6.33. The lowest BCUT2D eigenvalue weighted by Crippen LogP contribution is -2.58. The Hall–Kier alpha value is -4.85. The van der Waals surface area contributed by atoms with E-state index in [1.165, 1.54) is 11.0 Å². The van der Waals surface area contributed by atoms with Crippen LogP contribution in [0.15, 0.2) is 113 Å². The van der Waals surface area contributed by atoms with Crippen LogP contribution in [0.1, 0.15) is 47.0 Å². The molecule has 0 spiro atoms. The number of furan rings is 1. The van der Waals surface area contributed by atoms with Crippen LogP contribution >= 0.6 is 11.6 Å². The summed E-state index contributed by atoms with van der Waals surface area (Å²) in [4.78, 5) is 59.6. The Balaban J connectivity index is 1.34. The molecular formula is C40H32ClNO6. The number of rotatable bonds is 5. The van der Waals surface area contributed by atoms with Gasteiger partial charge >= 0.3 is 0 Å². The number of imide groups is 1. The molecule has 240 valence electrons. The van der Waals surface area contributed by atoms with Crippen molar-refractivity contribution in [1.29, 1.82) is 0 Å². The van der Waals surface area contributed by atoms with Gasteiger partial charge in [0.25, 0.3) is 0 Å². The number of hydrogen-bond acceptors (Lipinski definition) is 6. The maximum Gasteiger partial charge on any atom is 0.238 e. The molecule has 6 atom stereocenters. The molecule has 48 heavy (non-hydrogen) atoms. The highest BCUT2D eigenvalue weighted by atomic mass is 35.5. The lowest BCUT2D eigenvalue weighted by atomic mass is 9.45. The number of carbonyl (C=O) groups is 4. The molecule has 8 heteroatoms. The summed E-state index contributed by atoms with van der Waals surface area (Å²) in [5.74, 6) is -3.82. The smallest absolute Gasteiger partial charge is 0.238 e. The zero-order valence-corrected chi connectivity index (χ0v) is 26.9. The Morgan fingerprint density at radius 2 is 1.62 bits per heavy atom. The second-order valence-electron chi connectivity index (χ2n) is 13.2. The molecule has 4 aromatic rings. The van der Waals surface area contributed by atoms with Gasteiger partial charge in [0.2, 0.25) is 11.8 Å². The summed E-state index contributed by atoms with van der Waals surface area (Å²) >= 11 is 6.43. The Labute approximate surface area is 282 Å². The maximum atomic E-state index is 15.0. The molecule has 1 saturated carbocycles. The predicted octanol–water partition coefficient (Wildman–Crippen LogP) is 6.76. The minimum absolute atomic E-state index is 0.191. The zero-order valence-electron chi connectivity index (χ0n) is 26.1. The molecule has 3 aliphatic carbocycles. The Morgan fingerprint density at radius 3 is 2.31 bits per heavy atom. The van der Waals surface area contributed by atoms with Crippen molar-refractivity contribution in [2.24, 2.45) is 23.7 Å². The van der Waals surface area contributed by atoms with E-state index in [9.17, 15) is 24.3 Å². The molecule has 1 saturated heterocycles. The number of anilines is 1. The molecule has 2 heterocycles. The molecule has 0 bridgehead atoms. The van der Waals surface area contributed by atoms with E-state index in [-0.39, 0.29) is 36.4 Å². The van der Waals surface area contributed by atoms with Crippen LogP contribution in [0.3, 0.4) is 0 Å². The van der Waals surface area contributed by atoms with E-state index in [4.69, 9.17) is 16.0 Å². The second kappa shape index (κ2) is 11.4. The SMILES string of the molecule is Cc1ccc(N2C(=O)[C@H]3[C@H](CC=C4[C@H]3C[C@H]3C(=O)C(c5ccccc5)=CC(=O)[C@@]3(c3ccccc3)[C@H]4c3ccc(CO)o3)C2=O)cc1Cl. The van der Waals surface area contributed by atoms with Gasteiger partial charge in [0.15, 0.2) is 11.6 Å². The quantitative estimate of drug-likeness (QED) is 0.188. The van der Waals surface area contributed by atoms with Crippen LogP contribution in [0.25, 0.3) is 5.57 Å².